The van der Waals surface area contributed by atoms with Gasteiger partial charge in [-0.05, 0) is 29.7 Å². The summed E-state index contributed by atoms with van der Waals surface area (Å²) >= 11 is 0. The van der Waals surface area contributed by atoms with Gasteiger partial charge in [0.05, 0.1) is 0 Å². The van der Waals surface area contributed by atoms with Crippen molar-refractivity contribution in [2.45, 2.75) is 37.8 Å². The number of halogens is 1. The molecule has 0 aliphatic heterocycles. The Balaban J connectivity index is 2.87. The molecule has 0 aliphatic rings. The summed E-state index contributed by atoms with van der Waals surface area (Å²) in [5, 5.41) is 0.133. The van der Waals surface area contributed by atoms with Gasteiger partial charge in [-0.15, -0.1) is 0 Å². The quantitative estimate of drug-likeness (QED) is 0.862. The first kappa shape index (κ1) is 13.3. The third kappa shape index (κ3) is 3.39. The summed E-state index contributed by atoms with van der Waals surface area (Å²) < 4.78 is 24.9. The molecule has 2 nitrogen and oxygen atoms in total. The minimum atomic E-state index is -0.958. The van der Waals surface area contributed by atoms with Gasteiger partial charge in [0.2, 0.25) is 0 Å². The van der Waals surface area contributed by atoms with Gasteiger partial charge in [0, 0.05) is 28.3 Å². The van der Waals surface area contributed by atoms with Crippen molar-refractivity contribution in [1.29, 1.82) is 0 Å². The lowest BCUT2D eigenvalue weighted by atomic mass is 10.1. The first-order valence-corrected chi connectivity index (χ1v) is 6.81. The summed E-state index contributed by atoms with van der Waals surface area (Å²) in [5.41, 5.74) is 7.20. The van der Waals surface area contributed by atoms with Gasteiger partial charge in [0.15, 0.2) is 0 Å². The summed E-state index contributed by atoms with van der Waals surface area (Å²) in [7, 11) is -0.958. The first-order valence-electron chi connectivity index (χ1n) is 5.43. The molecule has 2 atom stereocenters. The largest absolute Gasteiger partial charge is 0.326 e. The molecule has 0 amide bonds. The molecule has 4 heteroatoms. The Morgan fingerprint density at radius 2 is 2.12 bits per heavy atom. The standard InChI is InChI=1S/C12H18FNOS/c1-3-9(2)16(15)8-11-6-12(13)5-4-10(11)7-14/h4-6,9H,3,7-8,14H2,1-2H3. The molecule has 90 valence electrons. The van der Waals surface area contributed by atoms with Crippen LogP contribution in [-0.4, -0.2) is 9.46 Å². The lowest BCUT2D eigenvalue weighted by Gasteiger charge is -2.11. The van der Waals surface area contributed by atoms with E-state index in [0.717, 1.165) is 17.5 Å². The monoisotopic (exact) mass is 243 g/mol. The fourth-order valence-corrected chi connectivity index (χ4v) is 2.64. The molecular weight excluding hydrogens is 225 g/mol. The average molecular weight is 243 g/mol. The van der Waals surface area contributed by atoms with Crippen LogP contribution in [0.25, 0.3) is 0 Å². The molecule has 0 spiro atoms. The highest BCUT2D eigenvalue weighted by Crippen LogP contribution is 2.15. The van der Waals surface area contributed by atoms with Gasteiger partial charge in [0.25, 0.3) is 0 Å². The molecule has 0 fully saturated rings. The third-order valence-corrected chi connectivity index (χ3v) is 4.54. The van der Waals surface area contributed by atoms with E-state index in [-0.39, 0.29) is 11.1 Å². The van der Waals surface area contributed by atoms with E-state index in [2.05, 4.69) is 0 Å². The van der Waals surface area contributed by atoms with Crippen molar-refractivity contribution in [3.05, 3.63) is 35.1 Å². The van der Waals surface area contributed by atoms with Gasteiger partial charge in [-0.1, -0.05) is 19.9 Å². The number of hydrogen-bond acceptors (Lipinski definition) is 2. The zero-order valence-electron chi connectivity index (χ0n) is 9.70. The second kappa shape index (κ2) is 6.11. The fourth-order valence-electron chi connectivity index (χ4n) is 1.41. The van der Waals surface area contributed by atoms with Crippen LogP contribution in [0.3, 0.4) is 0 Å². The van der Waals surface area contributed by atoms with Crippen molar-refractivity contribution in [3.8, 4) is 0 Å². The molecule has 1 aromatic carbocycles. The van der Waals surface area contributed by atoms with E-state index in [0.29, 0.717) is 12.3 Å². The second-order valence-electron chi connectivity index (χ2n) is 3.86. The van der Waals surface area contributed by atoms with Crippen molar-refractivity contribution >= 4 is 10.8 Å². The van der Waals surface area contributed by atoms with Crippen LogP contribution in [0.4, 0.5) is 4.39 Å². The molecule has 16 heavy (non-hydrogen) atoms. The zero-order valence-corrected chi connectivity index (χ0v) is 10.5. The van der Waals surface area contributed by atoms with Gasteiger partial charge in [-0.25, -0.2) is 4.39 Å². The molecular formula is C12H18FNOS. The maximum Gasteiger partial charge on any atom is 0.123 e. The Kier molecular flexibility index (Phi) is 5.09. The maximum absolute atomic E-state index is 13.1. The Labute approximate surface area is 98.5 Å². The normalized spacial score (nSPS) is 14.8. The molecule has 0 saturated carbocycles. The van der Waals surface area contributed by atoms with Gasteiger partial charge in [-0.3, -0.25) is 4.21 Å². The molecule has 2 N–H and O–H groups in total. The lowest BCUT2D eigenvalue weighted by Crippen LogP contribution is -2.13. The summed E-state index contributed by atoms with van der Waals surface area (Å²) in [6.45, 7) is 4.29. The van der Waals surface area contributed by atoms with Crippen LogP contribution in [0, 0.1) is 5.82 Å². The van der Waals surface area contributed by atoms with Gasteiger partial charge >= 0.3 is 0 Å². The predicted molar refractivity (Wildman–Crippen MR) is 65.9 cm³/mol. The van der Waals surface area contributed by atoms with E-state index < -0.39 is 10.8 Å². The summed E-state index contributed by atoms with van der Waals surface area (Å²) in [4.78, 5) is 0. The lowest BCUT2D eigenvalue weighted by molar-refractivity contribution is 0.625. The maximum atomic E-state index is 13.1. The van der Waals surface area contributed by atoms with Crippen LogP contribution in [0.5, 0.6) is 0 Å². The van der Waals surface area contributed by atoms with Crippen molar-refractivity contribution in [2.24, 2.45) is 5.73 Å². The topological polar surface area (TPSA) is 43.1 Å². The first-order chi connectivity index (χ1) is 7.58. The molecule has 1 rings (SSSR count). The van der Waals surface area contributed by atoms with Gasteiger partial charge < -0.3 is 5.73 Å². The van der Waals surface area contributed by atoms with Crippen LogP contribution in [0.2, 0.25) is 0 Å². The highest BCUT2D eigenvalue weighted by atomic mass is 32.2. The van der Waals surface area contributed by atoms with Crippen LogP contribution < -0.4 is 5.73 Å². The third-order valence-electron chi connectivity index (χ3n) is 2.71. The van der Waals surface area contributed by atoms with Crippen molar-refractivity contribution in [3.63, 3.8) is 0 Å². The number of nitrogens with two attached hydrogens (primary N) is 1. The van der Waals surface area contributed by atoms with E-state index in [4.69, 9.17) is 5.73 Å². The average Bonchev–Trinajstić information content (AvgIpc) is 2.28. The van der Waals surface area contributed by atoms with Gasteiger partial charge in [0.1, 0.15) is 5.82 Å². The van der Waals surface area contributed by atoms with Crippen LogP contribution in [-0.2, 0) is 23.1 Å². The van der Waals surface area contributed by atoms with Crippen LogP contribution in [0.15, 0.2) is 18.2 Å². The summed E-state index contributed by atoms with van der Waals surface area (Å²) in [6, 6.07) is 4.48. The van der Waals surface area contributed by atoms with Gasteiger partial charge in [-0.2, -0.15) is 0 Å². The van der Waals surface area contributed by atoms with Crippen molar-refractivity contribution in [1.82, 2.24) is 0 Å². The highest BCUT2D eigenvalue weighted by Gasteiger charge is 2.12. The Morgan fingerprint density at radius 1 is 1.44 bits per heavy atom. The Morgan fingerprint density at radius 3 is 2.69 bits per heavy atom. The molecule has 0 saturated heterocycles. The minimum absolute atomic E-state index is 0.133. The van der Waals surface area contributed by atoms with E-state index >= 15 is 0 Å². The smallest absolute Gasteiger partial charge is 0.123 e. The molecule has 0 heterocycles. The second-order valence-corrected chi connectivity index (χ2v) is 5.72. The molecule has 1 aromatic rings. The van der Waals surface area contributed by atoms with Crippen molar-refractivity contribution < 1.29 is 8.60 Å². The van der Waals surface area contributed by atoms with Crippen molar-refractivity contribution in [2.75, 3.05) is 0 Å². The SMILES string of the molecule is CCC(C)S(=O)Cc1cc(F)ccc1CN. The fraction of sp³-hybridized carbons (Fsp3) is 0.500. The van der Waals surface area contributed by atoms with Crippen LogP contribution in [0.1, 0.15) is 31.4 Å². The Bertz CT molecular complexity index is 381. The number of rotatable bonds is 5. The summed E-state index contributed by atoms with van der Waals surface area (Å²) in [5.74, 6) is 0.0904. The predicted octanol–water partition coefficient (Wildman–Crippen LogP) is 2.33. The van der Waals surface area contributed by atoms with Crippen LogP contribution >= 0.6 is 0 Å². The molecule has 0 aromatic heterocycles. The number of benzene rings is 1. The van der Waals surface area contributed by atoms with E-state index in [9.17, 15) is 8.60 Å². The number of hydrogen-bond donors (Lipinski definition) is 1. The summed E-state index contributed by atoms with van der Waals surface area (Å²) in [6.07, 6.45) is 0.861. The molecule has 0 aliphatic carbocycles. The minimum Gasteiger partial charge on any atom is -0.326 e. The van der Waals surface area contributed by atoms with E-state index in [1.165, 1.54) is 12.1 Å². The molecule has 2 unspecified atom stereocenters. The van der Waals surface area contributed by atoms with E-state index in [1.807, 2.05) is 13.8 Å². The Hall–Kier alpha value is -0.740. The zero-order chi connectivity index (χ0) is 12.1. The molecule has 0 bridgehead atoms. The molecule has 0 radical (unpaired) electrons. The highest BCUT2D eigenvalue weighted by molar-refractivity contribution is 7.84. The van der Waals surface area contributed by atoms with E-state index in [1.54, 1.807) is 6.07 Å².